The van der Waals surface area contributed by atoms with Gasteiger partial charge in [0.2, 0.25) is 0 Å². The Bertz CT molecular complexity index is 937. The molecule has 2 aromatic heterocycles. The van der Waals surface area contributed by atoms with E-state index in [1.165, 1.54) is 25.3 Å². The SMILES string of the molecule is COc1ccc(S(=O)(=O)Nc2ccn3nccc3c2)cc1Cl. The van der Waals surface area contributed by atoms with Gasteiger partial charge >= 0.3 is 0 Å². The Morgan fingerprint density at radius 3 is 2.77 bits per heavy atom. The van der Waals surface area contributed by atoms with Crippen molar-refractivity contribution in [3.63, 3.8) is 0 Å². The molecule has 1 N–H and O–H groups in total. The van der Waals surface area contributed by atoms with Gasteiger partial charge in [-0.05, 0) is 36.4 Å². The number of nitrogens with one attached hydrogen (secondary N) is 1. The lowest BCUT2D eigenvalue weighted by molar-refractivity contribution is 0.414. The van der Waals surface area contributed by atoms with Crippen LogP contribution >= 0.6 is 11.6 Å². The molecule has 2 heterocycles. The average Bonchev–Trinajstić information content (AvgIpc) is 2.94. The van der Waals surface area contributed by atoms with Crippen LogP contribution in [0.1, 0.15) is 0 Å². The minimum absolute atomic E-state index is 0.0617. The van der Waals surface area contributed by atoms with Gasteiger partial charge in [0.25, 0.3) is 10.0 Å². The number of anilines is 1. The maximum atomic E-state index is 12.4. The van der Waals surface area contributed by atoms with E-state index in [4.69, 9.17) is 16.3 Å². The fraction of sp³-hybridized carbons (Fsp3) is 0.0714. The van der Waals surface area contributed by atoms with Gasteiger partial charge in [-0.3, -0.25) is 4.72 Å². The van der Waals surface area contributed by atoms with E-state index in [-0.39, 0.29) is 9.92 Å². The van der Waals surface area contributed by atoms with Crippen LogP contribution < -0.4 is 9.46 Å². The summed E-state index contributed by atoms with van der Waals surface area (Å²) >= 11 is 5.97. The van der Waals surface area contributed by atoms with Crippen LogP contribution in [0.25, 0.3) is 5.52 Å². The molecule has 3 rings (SSSR count). The van der Waals surface area contributed by atoms with Gasteiger partial charge in [0, 0.05) is 12.4 Å². The molecule has 0 aliphatic rings. The van der Waals surface area contributed by atoms with Gasteiger partial charge in [-0.25, -0.2) is 12.9 Å². The van der Waals surface area contributed by atoms with Crippen molar-refractivity contribution < 1.29 is 13.2 Å². The third-order valence-corrected chi connectivity index (χ3v) is 4.76. The number of rotatable bonds is 4. The normalized spacial score (nSPS) is 11.5. The molecule has 114 valence electrons. The number of benzene rings is 1. The lowest BCUT2D eigenvalue weighted by Gasteiger charge is -2.10. The maximum absolute atomic E-state index is 12.4. The van der Waals surface area contributed by atoms with E-state index in [1.807, 2.05) is 0 Å². The molecule has 0 amide bonds. The first-order valence-corrected chi connectivity index (χ1v) is 8.15. The number of aromatic nitrogens is 2. The second-order valence-electron chi connectivity index (χ2n) is 4.52. The predicted octanol–water partition coefficient (Wildman–Crippen LogP) is 2.80. The molecule has 6 nitrogen and oxygen atoms in total. The topological polar surface area (TPSA) is 72.7 Å². The van der Waals surface area contributed by atoms with Gasteiger partial charge in [-0.2, -0.15) is 5.10 Å². The van der Waals surface area contributed by atoms with Gasteiger partial charge in [0.1, 0.15) is 5.75 Å². The molecule has 0 radical (unpaired) electrons. The number of halogens is 1. The number of hydrogen-bond donors (Lipinski definition) is 1. The fourth-order valence-corrected chi connectivity index (χ4v) is 3.41. The largest absolute Gasteiger partial charge is 0.495 e. The molecule has 0 atom stereocenters. The third-order valence-electron chi connectivity index (χ3n) is 3.09. The molecule has 8 heteroatoms. The molecule has 0 saturated carbocycles. The van der Waals surface area contributed by atoms with E-state index >= 15 is 0 Å². The monoisotopic (exact) mass is 337 g/mol. The van der Waals surface area contributed by atoms with Crippen LogP contribution in [0, 0.1) is 0 Å². The van der Waals surface area contributed by atoms with Crippen molar-refractivity contribution in [1.29, 1.82) is 0 Å². The lowest BCUT2D eigenvalue weighted by Crippen LogP contribution is -2.13. The summed E-state index contributed by atoms with van der Waals surface area (Å²) < 4.78 is 34.0. The molecule has 0 saturated heterocycles. The van der Waals surface area contributed by atoms with Crippen molar-refractivity contribution in [3.05, 3.63) is 53.8 Å². The zero-order valence-electron chi connectivity index (χ0n) is 11.5. The molecular weight excluding hydrogens is 326 g/mol. The summed E-state index contributed by atoms with van der Waals surface area (Å²) in [6.45, 7) is 0. The van der Waals surface area contributed by atoms with Gasteiger partial charge in [0.05, 0.1) is 28.2 Å². The third kappa shape index (κ3) is 2.72. The van der Waals surface area contributed by atoms with E-state index in [9.17, 15) is 8.42 Å². The van der Waals surface area contributed by atoms with Gasteiger partial charge in [-0.15, -0.1) is 0 Å². The quantitative estimate of drug-likeness (QED) is 0.794. The molecule has 1 aromatic carbocycles. The Morgan fingerprint density at radius 2 is 2.05 bits per heavy atom. The van der Waals surface area contributed by atoms with E-state index in [0.29, 0.717) is 11.4 Å². The Hall–Kier alpha value is -2.25. The molecule has 0 bridgehead atoms. The summed E-state index contributed by atoms with van der Waals surface area (Å²) in [5.41, 5.74) is 1.23. The summed E-state index contributed by atoms with van der Waals surface area (Å²) in [6, 6.07) is 9.39. The van der Waals surface area contributed by atoms with Gasteiger partial charge < -0.3 is 4.74 Å². The van der Waals surface area contributed by atoms with E-state index in [0.717, 1.165) is 5.52 Å². The molecule has 0 spiro atoms. The summed E-state index contributed by atoms with van der Waals surface area (Å²) in [5.74, 6) is 0.418. The smallest absolute Gasteiger partial charge is 0.261 e. The molecular formula is C14H12ClN3O3S. The summed E-state index contributed by atoms with van der Waals surface area (Å²) in [6.07, 6.45) is 3.31. The van der Waals surface area contributed by atoms with Crippen molar-refractivity contribution in [1.82, 2.24) is 9.61 Å². The number of sulfonamides is 1. The fourth-order valence-electron chi connectivity index (χ4n) is 2.01. The van der Waals surface area contributed by atoms with Crippen LogP contribution in [-0.4, -0.2) is 25.1 Å². The highest BCUT2D eigenvalue weighted by Gasteiger charge is 2.16. The van der Waals surface area contributed by atoms with Crippen molar-refractivity contribution in [2.45, 2.75) is 4.90 Å². The van der Waals surface area contributed by atoms with Gasteiger partial charge in [-0.1, -0.05) is 11.6 Å². The Labute approximate surface area is 132 Å². The number of fused-ring (bicyclic) bond motifs is 1. The number of nitrogens with zero attached hydrogens (tertiary/aromatic N) is 2. The minimum atomic E-state index is -3.73. The van der Waals surface area contributed by atoms with Crippen LogP contribution in [-0.2, 0) is 10.0 Å². The first kappa shape index (κ1) is 14.7. The molecule has 0 fully saturated rings. The lowest BCUT2D eigenvalue weighted by atomic mass is 10.3. The molecule has 0 aliphatic carbocycles. The standard InChI is InChI=1S/C14H12ClN3O3S/c1-21-14-3-2-12(9-13(14)15)22(19,20)17-10-5-7-18-11(8-10)4-6-16-18/h2-9,17H,1H3. The zero-order chi connectivity index (χ0) is 15.7. The number of ether oxygens (including phenoxy) is 1. The summed E-state index contributed by atoms with van der Waals surface area (Å²) in [5, 5.41) is 4.29. The summed E-state index contributed by atoms with van der Waals surface area (Å²) in [4.78, 5) is 0.0617. The van der Waals surface area contributed by atoms with Crippen molar-refractivity contribution in [3.8, 4) is 5.75 Å². The molecule has 3 aromatic rings. The van der Waals surface area contributed by atoms with E-state index in [1.54, 1.807) is 35.1 Å². The number of pyridine rings is 1. The Balaban J connectivity index is 1.93. The highest BCUT2D eigenvalue weighted by atomic mass is 35.5. The average molecular weight is 338 g/mol. The van der Waals surface area contributed by atoms with Crippen LogP contribution in [0.4, 0.5) is 5.69 Å². The first-order chi connectivity index (χ1) is 10.5. The summed E-state index contributed by atoms with van der Waals surface area (Å²) in [7, 11) is -2.27. The predicted molar refractivity (Wildman–Crippen MR) is 84.0 cm³/mol. The van der Waals surface area contributed by atoms with Crippen LogP contribution in [0.2, 0.25) is 5.02 Å². The Kier molecular flexibility index (Phi) is 3.67. The highest BCUT2D eigenvalue weighted by Crippen LogP contribution is 2.28. The van der Waals surface area contributed by atoms with Crippen molar-refractivity contribution in [2.75, 3.05) is 11.8 Å². The van der Waals surface area contributed by atoms with Gasteiger partial charge in [0.15, 0.2) is 0 Å². The molecule has 0 unspecified atom stereocenters. The molecule has 22 heavy (non-hydrogen) atoms. The van der Waals surface area contributed by atoms with Crippen LogP contribution in [0.15, 0.2) is 53.7 Å². The first-order valence-electron chi connectivity index (χ1n) is 6.29. The van der Waals surface area contributed by atoms with Crippen molar-refractivity contribution >= 4 is 32.8 Å². The van der Waals surface area contributed by atoms with E-state index < -0.39 is 10.0 Å². The minimum Gasteiger partial charge on any atom is -0.495 e. The van der Waals surface area contributed by atoms with Crippen LogP contribution in [0.5, 0.6) is 5.75 Å². The maximum Gasteiger partial charge on any atom is 0.261 e. The van der Waals surface area contributed by atoms with Crippen molar-refractivity contribution in [2.24, 2.45) is 0 Å². The second-order valence-corrected chi connectivity index (χ2v) is 6.61. The number of hydrogen-bond acceptors (Lipinski definition) is 4. The second kappa shape index (κ2) is 5.51. The number of methoxy groups -OCH3 is 1. The zero-order valence-corrected chi connectivity index (χ0v) is 13.1. The van der Waals surface area contributed by atoms with E-state index in [2.05, 4.69) is 9.82 Å². The molecule has 0 aliphatic heterocycles. The highest BCUT2D eigenvalue weighted by molar-refractivity contribution is 7.92. The Morgan fingerprint density at radius 1 is 1.23 bits per heavy atom. The van der Waals surface area contributed by atoms with Crippen LogP contribution in [0.3, 0.4) is 0 Å².